The molecule has 0 atom stereocenters. The molecule has 23 heavy (non-hydrogen) atoms. The Hall–Kier alpha value is -2.75. The van der Waals surface area contributed by atoms with Crippen molar-refractivity contribution in [1.82, 2.24) is 4.57 Å². The van der Waals surface area contributed by atoms with Crippen LogP contribution in [0.1, 0.15) is 5.56 Å². The minimum absolute atomic E-state index is 0.191. The Labute approximate surface area is 130 Å². The van der Waals surface area contributed by atoms with Crippen LogP contribution in [0.25, 0.3) is 27.5 Å². The molecule has 0 unspecified atom stereocenters. The Morgan fingerprint density at radius 3 is 1.83 bits per heavy atom. The molecule has 0 radical (unpaired) electrons. The van der Waals surface area contributed by atoms with Crippen LogP contribution in [-0.4, -0.2) is 4.57 Å². The third kappa shape index (κ3) is 1.88. The SMILES string of the molecule is Cc1c(F)cc(F)c(-n2c3ccccc3c3ccccc32)c1F. The van der Waals surface area contributed by atoms with Crippen molar-refractivity contribution in [3.8, 4) is 5.69 Å². The Balaban J connectivity index is 2.24. The number of fused-ring (bicyclic) bond motifs is 3. The molecule has 0 aliphatic rings. The molecular weight excluding hydrogens is 299 g/mol. The van der Waals surface area contributed by atoms with E-state index in [2.05, 4.69) is 0 Å². The summed E-state index contributed by atoms with van der Waals surface area (Å²) in [5.41, 5.74) is 0.916. The highest BCUT2D eigenvalue weighted by atomic mass is 19.1. The van der Waals surface area contributed by atoms with Gasteiger partial charge in [-0.2, -0.15) is 0 Å². The van der Waals surface area contributed by atoms with E-state index in [9.17, 15) is 13.2 Å². The van der Waals surface area contributed by atoms with Gasteiger partial charge in [0, 0.05) is 22.4 Å². The summed E-state index contributed by atoms with van der Waals surface area (Å²) in [7, 11) is 0. The smallest absolute Gasteiger partial charge is 0.156 e. The molecule has 0 amide bonds. The molecule has 114 valence electrons. The fourth-order valence-corrected chi connectivity index (χ4v) is 3.04. The van der Waals surface area contributed by atoms with Gasteiger partial charge in [0.2, 0.25) is 0 Å². The monoisotopic (exact) mass is 311 g/mol. The Kier molecular flexibility index (Phi) is 2.94. The topological polar surface area (TPSA) is 4.93 Å². The van der Waals surface area contributed by atoms with Crippen LogP contribution in [0.4, 0.5) is 13.2 Å². The molecule has 3 aromatic carbocycles. The fraction of sp³-hybridized carbons (Fsp3) is 0.0526. The van der Waals surface area contributed by atoms with Crippen molar-refractivity contribution in [1.29, 1.82) is 0 Å². The highest BCUT2D eigenvalue weighted by Gasteiger charge is 2.21. The molecule has 1 aromatic heterocycles. The van der Waals surface area contributed by atoms with Crippen molar-refractivity contribution < 1.29 is 13.2 Å². The van der Waals surface area contributed by atoms with E-state index in [0.717, 1.165) is 16.8 Å². The molecule has 0 N–H and O–H groups in total. The zero-order chi connectivity index (χ0) is 16.1. The molecule has 0 saturated carbocycles. The van der Waals surface area contributed by atoms with Gasteiger partial charge in [-0.05, 0) is 19.1 Å². The molecule has 0 aliphatic heterocycles. The van der Waals surface area contributed by atoms with Crippen LogP contribution in [0.5, 0.6) is 0 Å². The average molecular weight is 311 g/mol. The van der Waals surface area contributed by atoms with E-state index in [1.807, 2.05) is 36.4 Å². The zero-order valence-electron chi connectivity index (χ0n) is 12.3. The minimum atomic E-state index is -0.919. The van der Waals surface area contributed by atoms with Crippen LogP contribution in [0.15, 0.2) is 54.6 Å². The molecule has 4 rings (SSSR count). The lowest BCUT2D eigenvalue weighted by Crippen LogP contribution is -2.05. The van der Waals surface area contributed by atoms with Gasteiger partial charge in [-0.25, -0.2) is 13.2 Å². The molecule has 0 bridgehead atoms. The largest absolute Gasteiger partial charge is 0.304 e. The molecule has 1 nitrogen and oxygen atoms in total. The first-order valence-electron chi connectivity index (χ1n) is 7.22. The highest BCUT2D eigenvalue weighted by molar-refractivity contribution is 6.09. The molecular formula is C19H12F3N. The van der Waals surface area contributed by atoms with E-state index in [1.165, 1.54) is 11.5 Å². The third-order valence-corrected chi connectivity index (χ3v) is 4.18. The van der Waals surface area contributed by atoms with E-state index >= 15 is 0 Å². The summed E-state index contributed by atoms with van der Waals surface area (Å²) in [5.74, 6) is -2.68. The van der Waals surface area contributed by atoms with Gasteiger partial charge in [0.1, 0.15) is 11.5 Å². The summed E-state index contributed by atoms with van der Waals surface area (Å²) < 4.78 is 44.2. The minimum Gasteiger partial charge on any atom is -0.304 e. The second kappa shape index (κ2) is 4.88. The number of rotatable bonds is 1. The van der Waals surface area contributed by atoms with Gasteiger partial charge >= 0.3 is 0 Å². The van der Waals surface area contributed by atoms with Gasteiger partial charge < -0.3 is 4.57 Å². The first kappa shape index (κ1) is 13.9. The van der Waals surface area contributed by atoms with Gasteiger partial charge in [-0.3, -0.25) is 0 Å². The number of halogens is 3. The lowest BCUT2D eigenvalue weighted by Gasteiger charge is -2.12. The lowest BCUT2D eigenvalue weighted by molar-refractivity contribution is 0.526. The predicted molar refractivity (Wildman–Crippen MR) is 85.4 cm³/mol. The summed E-state index contributed by atoms with van der Waals surface area (Å²) in [4.78, 5) is 0. The molecule has 0 fully saturated rings. The van der Waals surface area contributed by atoms with Crippen LogP contribution in [0.2, 0.25) is 0 Å². The summed E-state index contributed by atoms with van der Waals surface area (Å²) in [6.07, 6.45) is 0. The van der Waals surface area contributed by atoms with Crippen molar-refractivity contribution in [3.63, 3.8) is 0 Å². The van der Waals surface area contributed by atoms with Crippen molar-refractivity contribution in [2.45, 2.75) is 6.92 Å². The molecule has 0 spiro atoms. The number of benzene rings is 3. The van der Waals surface area contributed by atoms with E-state index in [4.69, 9.17) is 0 Å². The number of hydrogen-bond acceptors (Lipinski definition) is 0. The molecule has 0 aliphatic carbocycles. The van der Waals surface area contributed by atoms with Crippen LogP contribution in [-0.2, 0) is 0 Å². The summed E-state index contributed by atoms with van der Waals surface area (Å²) >= 11 is 0. The highest BCUT2D eigenvalue weighted by Crippen LogP contribution is 2.34. The van der Waals surface area contributed by atoms with Gasteiger partial charge in [-0.15, -0.1) is 0 Å². The van der Waals surface area contributed by atoms with Crippen LogP contribution in [0, 0.1) is 24.4 Å². The van der Waals surface area contributed by atoms with Gasteiger partial charge in [0.15, 0.2) is 11.6 Å². The number of para-hydroxylation sites is 2. The van der Waals surface area contributed by atoms with Gasteiger partial charge in [-0.1, -0.05) is 36.4 Å². The van der Waals surface area contributed by atoms with Crippen LogP contribution in [0.3, 0.4) is 0 Å². The number of nitrogens with zero attached hydrogens (tertiary/aromatic N) is 1. The molecule has 1 heterocycles. The summed E-state index contributed by atoms with van der Waals surface area (Å²) in [5, 5.41) is 1.78. The van der Waals surface area contributed by atoms with Crippen molar-refractivity contribution in [2.24, 2.45) is 0 Å². The average Bonchev–Trinajstić information content (AvgIpc) is 2.88. The molecule has 4 aromatic rings. The summed E-state index contributed by atoms with van der Waals surface area (Å²) in [6.45, 7) is 1.31. The van der Waals surface area contributed by atoms with Crippen molar-refractivity contribution in [2.75, 3.05) is 0 Å². The van der Waals surface area contributed by atoms with Gasteiger partial charge in [0.25, 0.3) is 0 Å². The summed E-state index contributed by atoms with van der Waals surface area (Å²) in [6, 6.07) is 15.5. The van der Waals surface area contributed by atoms with Crippen molar-refractivity contribution >= 4 is 21.8 Å². The normalized spacial score (nSPS) is 11.5. The maximum Gasteiger partial charge on any atom is 0.156 e. The van der Waals surface area contributed by atoms with Crippen molar-refractivity contribution in [3.05, 3.63) is 77.6 Å². The maximum atomic E-state index is 14.6. The Bertz CT molecular complexity index is 1010. The third-order valence-electron chi connectivity index (χ3n) is 4.18. The van der Waals surface area contributed by atoms with Crippen LogP contribution >= 0.6 is 0 Å². The first-order valence-corrected chi connectivity index (χ1v) is 7.22. The van der Waals surface area contributed by atoms with Gasteiger partial charge in [0.05, 0.1) is 11.0 Å². The Morgan fingerprint density at radius 1 is 0.739 bits per heavy atom. The first-order chi connectivity index (χ1) is 11.1. The standard InChI is InChI=1S/C19H12F3N/c1-11-14(20)10-15(21)19(18(11)22)23-16-8-4-2-6-12(16)13-7-3-5-9-17(13)23/h2-10H,1H3. The van der Waals surface area contributed by atoms with E-state index in [-0.39, 0.29) is 11.3 Å². The number of aromatic nitrogens is 1. The second-order valence-electron chi connectivity index (χ2n) is 5.50. The molecule has 4 heteroatoms. The maximum absolute atomic E-state index is 14.6. The number of hydrogen-bond donors (Lipinski definition) is 0. The predicted octanol–water partition coefficient (Wildman–Crippen LogP) is 5.51. The lowest BCUT2D eigenvalue weighted by atomic mass is 10.1. The molecule has 0 saturated heterocycles. The van der Waals surface area contributed by atoms with E-state index in [1.54, 1.807) is 12.1 Å². The zero-order valence-corrected chi connectivity index (χ0v) is 12.3. The van der Waals surface area contributed by atoms with E-state index < -0.39 is 17.5 Å². The Morgan fingerprint density at radius 2 is 1.26 bits per heavy atom. The van der Waals surface area contributed by atoms with Crippen LogP contribution < -0.4 is 0 Å². The quantitative estimate of drug-likeness (QED) is 0.437. The second-order valence-corrected chi connectivity index (χ2v) is 5.50. The fourth-order valence-electron chi connectivity index (χ4n) is 3.04. The van der Waals surface area contributed by atoms with E-state index in [0.29, 0.717) is 11.0 Å².